The summed E-state index contributed by atoms with van der Waals surface area (Å²) in [6.07, 6.45) is 70.7. The SMILES string of the molecule is CCCCCCCCCCCCCC/C=C\CCCCCCCCCCCCCCCCC(=O)NC(COC1OC(CO)C(O)C(O)C1O)C(O)/C=C/CC/C=C/CC/C=C/CCCCCCCCCCCCCCCC. The van der Waals surface area contributed by atoms with Gasteiger partial charge in [0, 0.05) is 6.42 Å². The highest BCUT2D eigenvalue weighted by Gasteiger charge is 2.44. The van der Waals surface area contributed by atoms with Gasteiger partial charge < -0.3 is 40.3 Å². The number of amides is 1. The predicted molar refractivity (Wildman–Crippen MR) is 327 cm³/mol. The molecule has 0 aromatic rings. The molecule has 0 aromatic carbocycles. The van der Waals surface area contributed by atoms with Crippen molar-refractivity contribution in [2.45, 2.75) is 365 Å². The number of aliphatic hydroxyl groups excluding tert-OH is 5. The van der Waals surface area contributed by atoms with Gasteiger partial charge >= 0.3 is 0 Å². The first-order valence-electron chi connectivity index (χ1n) is 33.4. The van der Waals surface area contributed by atoms with Gasteiger partial charge in [0.25, 0.3) is 0 Å². The minimum atomic E-state index is -1.58. The van der Waals surface area contributed by atoms with Crippen molar-refractivity contribution in [2.24, 2.45) is 0 Å². The molecule has 7 atom stereocenters. The largest absolute Gasteiger partial charge is 0.394 e. The van der Waals surface area contributed by atoms with E-state index in [0.29, 0.717) is 6.42 Å². The number of carbonyl (C=O) groups excluding carboxylic acids is 1. The Bertz CT molecular complexity index is 1350. The Balaban J connectivity index is 2.18. The molecule has 1 heterocycles. The van der Waals surface area contributed by atoms with E-state index in [1.54, 1.807) is 6.08 Å². The maximum atomic E-state index is 13.1. The van der Waals surface area contributed by atoms with Crippen LogP contribution < -0.4 is 5.32 Å². The zero-order chi connectivity index (χ0) is 55.8. The van der Waals surface area contributed by atoms with E-state index in [1.807, 2.05) is 6.08 Å². The van der Waals surface area contributed by atoms with Crippen LogP contribution in [0.3, 0.4) is 0 Å². The number of unbranched alkanes of at least 4 members (excludes halogenated alkanes) is 42. The molecule has 9 heteroatoms. The van der Waals surface area contributed by atoms with Gasteiger partial charge in [0.15, 0.2) is 6.29 Å². The molecule has 1 saturated heterocycles. The second-order valence-electron chi connectivity index (χ2n) is 23.2. The highest BCUT2D eigenvalue weighted by atomic mass is 16.7. The monoisotopic (exact) mass is 1090 g/mol. The summed E-state index contributed by atoms with van der Waals surface area (Å²) in [6, 6.07) is -0.830. The van der Waals surface area contributed by atoms with Gasteiger partial charge in [-0.15, -0.1) is 0 Å². The van der Waals surface area contributed by atoms with Crippen molar-refractivity contribution >= 4 is 5.91 Å². The van der Waals surface area contributed by atoms with Crippen LogP contribution in [0.1, 0.15) is 322 Å². The molecule has 9 nitrogen and oxygen atoms in total. The standard InChI is InChI=1S/C68H127NO8/c1-3-5-7-9-11-13-15-17-19-21-23-25-27-29-30-31-32-33-34-36-38-40-42-44-46-48-50-52-54-56-58-64(72)69-61(60-76-68-67(75)66(74)65(73)63(59-70)77-68)62(71)57-55-53-51-49-47-45-43-41-39-37-35-28-26-24-22-20-18-16-14-12-10-8-6-4-2/h29-30,39,41,47,49,55,57,61-63,65-68,70-71,73-75H,3-28,31-38,40,42-46,48,50-54,56,58-60H2,1-2H3,(H,69,72)/b30-29-,41-39+,49-47+,57-55+. The summed E-state index contributed by atoms with van der Waals surface area (Å²) >= 11 is 0. The minimum absolute atomic E-state index is 0.187. The van der Waals surface area contributed by atoms with Crippen molar-refractivity contribution in [1.82, 2.24) is 5.32 Å². The second kappa shape index (κ2) is 57.4. The fourth-order valence-electron chi connectivity index (χ4n) is 10.6. The molecule has 6 N–H and O–H groups in total. The molecule has 77 heavy (non-hydrogen) atoms. The number of hydrogen-bond donors (Lipinski definition) is 6. The van der Waals surface area contributed by atoms with Crippen LogP contribution in [0, 0.1) is 0 Å². The first-order chi connectivity index (χ1) is 37.8. The molecule has 0 spiro atoms. The molecule has 0 aromatic heterocycles. The van der Waals surface area contributed by atoms with Crippen LogP contribution in [-0.4, -0.2) is 87.5 Å². The van der Waals surface area contributed by atoms with E-state index in [1.165, 1.54) is 257 Å². The van der Waals surface area contributed by atoms with Crippen molar-refractivity contribution in [3.05, 3.63) is 48.6 Å². The highest BCUT2D eigenvalue weighted by Crippen LogP contribution is 2.23. The van der Waals surface area contributed by atoms with Crippen molar-refractivity contribution in [2.75, 3.05) is 13.2 Å². The Morgan fingerprint density at radius 1 is 0.429 bits per heavy atom. The van der Waals surface area contributed by atoms with Crippen LogP contribution in [0.2, 0.25) is 0 Å². The summed E-state index contributed by atoms with van der Waals surface area (Å²) in [5.74, 6) is -0.187. The third-order valence-corrected chi connectivity index (χ3v) is 15.9. The normalized spacial score (nSPS) is 19.0. The van der Waals surface area contributed by atoms with Crippen molar-refractivity contribution in [3.8, 4) is 0 Å². The number of rotatable bonds is 58. The molecule has 1 rings (SSSR count). The molecule has 0 bridgehead atoms. The van der Waals surface area contributed by atoms with Crippen molar-refractivity contribution in [1.29, 1.82) is 0 Å². The number of allylic oxidation sites excluding steroid dienone is 7. The summed E-state index contributed by atoms with van der Waals surface area (Å²) in [7, 11) is 0. The first kappa shape index (κ1) is 73.2. The molecule has 0 saturated carbocycles. The van der Waals surface area contributed by atoms with E-state index in [-0.39, 0.29) is 12.5 Å². The van der Waals surface area contributed by atoms with E-state index in [9.17, 15) is 30.3 Å². The first-order valence-corrected chi connectivity index (χ1v) is 33.4. The Hall–Kier alpha value is -1.85. The van der Waals surface area contributed by atoms with Gasteiger partial charge in [0.2, 0.25) is 5.91 Å². The van der Waals surface area contributed by atoms with Gasteiger partial charge in [-0.1, -0.05) is 294 Å². The lowest BCUT2D eigenvalue weighted by Gasteiger charge is -2.40. The van der Waals surface area contributed by atoms with Gasteiger partial charge in [0.1, 0.15) is 24.4 Å². The Morgan fingerprint density at radius 3 is 1.09 bits per heavy atom. The van der Waals surface area contributed by atoms with Crippen LogP contribution in [0.15, 0.2) is 48.6 Å². The molecule has 0 aliphatic carbocycles. The molecule has 452 valence electrons. The van der Waals surface area contributed by atoms with Gasteiger partial charge in [-0.3, -0.25) is 4.79 Å². The topological polar surface area (TPSA) is 149 Å². The van der Waals surface area contributed by atoms with Gasteiger partial charge in [0.05, 0.1) is 25.4 Å². The summed E-state index contributed by atoms with van der Waals surface area (Å²) in [5, 5.41) is 54.6. The van der Waals surface area contributed by atoms with Crippen LogP contribution in [0.25, 0.3) is 0 Å². The number of nitrogens with one attached hydrogen (secondary N) is 1. The minimum Gasteiger partial charge on any atom is -0.394 e. The summed E-state index contributed by atoms with van der Waals surface area (Å²) < 4.78 is 11.3. The average Bonchev–Trinajstić information content (AvgIpc) is 3.43. The molecular formula is C68H127NO8. The van der Waals surface area contributed by atoms with Crippen molar-refractivity contribution in [3.63, 3.8) is 0 Å². The lowest BCUT2D eigenvalue weighted by Crippen LogP contribution is -2.60. The number of carbonyl (C=O) groups is 1. The molecule has 1 aliphatic heterocycles. The van der Waals surface area contributed by atoms with E-state index in [2.05, 4.69) is 55.6 Å². The molecule has 0 radical (unpaired) electrons. The Labute approximate surface area is 475 Å². The lowest BCUT2D eigenvalue weighted by molar-refractivity contribution is -0.302. The van der Waals surface area contributed by atoms with Crippen molar-refractivity contribution < 1.29 is 39.8 Å². The van der Waals surface area contributed by atoms with Crippen LogP contribution in [-0.2, 0) is 14.3 Å². The Morgan fingerprint density at radius 2 is 0.740 bits per heavy atom. The summed E-state index contributed by atoms with van der Waals surface area (Å²) in [6.45, 7) is 3.80. The van der Waals surface area contributed by atoms with Crippen LogP contribution in [0.4, 0.5) is 0 Å². The number of hydrogen-bond acceptors (Lipinski definition) is 8. The highest BCUT2D eigenvalue weighted by molar-refractivity contribution is 5.76. The zero-order valence-corrected chi connectivity index (χ0v) is 50.5. The fraction of sp³-hybridized carbons (Fsp3) is 0.868. The van der Waals surface area contributed by atoms with Gasteiger partial charge in [-0.05, 0) is 70.6 Å². The maximum absolute atomic E-state index is 13.1. The third kappa shape index (κ3) is 46.5. The molecule has 7 unspecified atom stereocenters. The van der Waals surface area contributed by atoms with Crippen LogP contribution in [0.5, 0.6) is 0 Å². The summed E-state index contributed by atoms with van der Waals surface area (Å²) in [5.41, 5.74) is 0. The van der Waals surface area contributed by atoms with Crippen LogP contribution >= 0.6 is 0 Å². The molecule has 1 aliphatic rings. The van der Waals surface area contributed by atoms with Gasteiger partial charge in [-0.2, -0.15) is 0 Å². The fourth-order valence-corrected chi connectivity index (χ4v) is 10.6. The quantitative estimate of drug-likeness (QED) is 0.0261. The number of ether oxygens (including phenoxy) is 2. The van der Waals surface area contributed by atoms with E-state index in [4.69, 9.17) is 9.47 Å². The molecular weight excluding hydrogens is 959 g/mol. The van der Waals surface area contributed by atoms with E-state index >= 15 is 0 Å². The smallest absolute Gasteiger partial charge is 0.220 e. The molecule has 1 amide bonds. The average molecular weight is 1090 g/mol. The third-order valence-electron chi connectivity index (χ3n) is 15.9. The predicted octanol–water partition coefficient (Wildman–Crippen LogP) is 17.6. The molecule has 1 fully saturated rings. The lowest BCUT2D eigenvalue weighted by atomic mass is 9.99. The Kier molecular flexibility index (Phi) is 54.5. The summed E-state index contributed by atoms with van der Waals surface area (Å²) in [4.78, 5) is 13.1. The zero-order valence-electron chi connectivity index (χ0n) is 50.5. The second-order valence-corrected chi connectivity index (χ2v) is 23.2. The van der Waals surface area contributed by atoms with E-state index in [0.717, 1.165) is 44.9 Å². The van der Waals surface area contributed by atoms with E-state index < -0.39 is 49.5 Å². The number of aliphatic hydroxyl groups is 5. The maximum Gasteiger partial charge on any atom is 0.220 e. The van der Waals surface area contributed by atoms with Gasteiger partial charge in [-0.25, -0.2) is 0 Å².